The molecule has 0 aliphatic carbocycles. The predicted molar refractivity (Wildman–Crippen MR) is 83.5 cm³/mol. The van der Waals surface area contributed by atoms with Crippen molar-refractivity contribution in [3.8, 4) is 0 Å². The van der Waals surface area contributed by atoms with Crippen LogP contribution in [0.25, 0.3) is 0 Å². The molecule has 0 bridgehead atoms. The third-order valence-electron chi connectivity index (χ3n) is 2.76. The van der Waals surface area contributed by atoms with Crippen LogP contribution in [0.1, 0.15) is 17.3 Å². The van der Waals surface area contributed by atoms with Gasteiger partial charge in [0.25, 0.3) is 11.5 Å². The van der Waals surface area contributed by atoms with Crippen LogP contribution in [0.3, 0.4) is 0 Å². The molecule has 6 heteroatoms. The van der Waals surface area contributed by atoms with Gasteiger partial charge in [0, 0.05) is 23.3 Å². The zero-order valence-corrected chi connectivity index (χ0v) is 13.0. The molecule has 0 spiro atoms. The minimum absolute atomic E-state index is 0.106. The summed E-state index contributed by atoms with van der Waals surface area (Å²) in [5.41, 5.74) is 0.814. The van der Waals surface area contributed by atoms with Crippen LogP contribution >= 0.6 is 27.5 Å². The summed E-state index contributed by atoms with van der Waals surface area (Å²) < 4.78 is 2.28. The Labute approximate surface area is 129 Å². The Morgan fingerprint density at radius 3 is 2.80 bits per heavy atom. The lowest BCUT2D eigenvalue weighted by Crippen LogP contribution is -2.20. The first-order chi connectivity index (χ1) is 9.51. The fraction of sp³-hybridized carbons (Fsp3) is 0.143. The maximum atomic E-state index is 12.2. The fourth-order valence-electron chi connectivity index (χ4n) is 1.72. The summed E-state index contributed by atoms with van der Waals surface area (Å²) in [5, 5.41) is 3.09. The summed E-state index contributed by atoms with van der Waals surface area (Å²) in [5.74, 6) is -0.322. The molecule has 1 amide bonds. The van der Waals surface area contributed by atoms with E-state index in [9.17, 15) is 9.59 Å². The highest BCUT2D eigenvalue weighted by molar-refractivity contribution is 9.10. The van der Waals surface area contributed by atoms with Crippen LogP contribution in [0.5, 0.6) is 0 Å². The third kappa shape index (κ3) is 3.29. The molecule has 0 atom stereocenters. The second-order valence-electron chi connectivity index (χ2n) is 4.12. The molecule has 1 aromatic heterocycles. The Hall–Kier alpha value is -1.59. The number of aromatic nitrogens is 1. The first-order valence-electron chi connectivity index (χ1n) is 5.98. The van der Waals surface area contributed by atoms with Gasteiger partial charge in [0.2, 0.25) is 0 Å². The number of benzene rings is 1. The SMILES string of the molecule is CCn1cc(NC(=O)c2cc(Br)ccc2Cl)ccc1=O. The van der Waals surface area contributed by atoms with E-state index in [1.165, 1.54) is 10.6 Å². The topological polar surface area (TPSA) is 51.1 Å². The molecule has 1 heterocycles. The van der Waals surface area contributed by atoms with E-state index >= 15 is 0 Å². The second-order valence-corrected chi connectivity index (χ2v) is 5.44. The van der Waals surface area contributed by atoms with Crippen LogP contribution in [-0.2, 0) is 6.54 Å². The largest absolute Gasteiger partial charge is 0.321 e. The average Bonchev–Trinajstić information content (AvgIpc) is 2.43. The van der Waals surface area contributed by atoms with Crippen LogP contribution in [0.4, 0.5) is 5.69 Å². The van der Waals surface area contributed by atoms with Crippen molar-refractivity contribution in [2.75, 3.05) is 5.32 Å². The maximum Gasteiger partial charge on any atom is 0.257 e. The van der Waals surface area contributed by atoms with Gasteiger partial charge in [0.15, 0.2) is 0 Å². The normalized spacial score (nSPS) is 10.3. The summed E-state index contributed by atoms with van der Waals surface area (Å²) in [4.78, 5) is 23.6. The number of nitrogens with zero attached hydrogens (tertiary/aromatic N) is 1. The van der Waals surface area contributed by atoms with Crippen LogP contribution < -0.4 is 10.9 Å². The summed E-state index contributed by atoms with van der Waals surface area (Å²) in [6.45, 7) is 2.40. The van der Waals surface area contributed by atoms with Crippen molar-refractivity contribution in [2.45, 2.75) is 13.5 Å². The first kappa shape index (κ1) is 14.8. The van der Waals surface area contributed by atoms with Gasteiger partial charge in [-0.3, -0.25) is 9.59 Å². The number of carbonyl (C=O) groups is 1. The fourth-order valence-corrected chi connectivity index (χ4v) is 2.29. The zero-order chi connectivity index (χ0) is 14.7. The van der Waals surface area contributed by atoms with E-state index < -0.39 is 0 Å². The molecule has 0 fully saturated rings. The standard InChI is InChI=1S/C14H12BrClN2O2/c1-2-18-8-10(4-6-13(18)19)17-14(20)11-7-9(15)3-5-12(11)16/h3-8H,2H2,1H3,(H,17,20). The van der Waals surface area contributed by atoms with E-state index in [0.717, 1.165) is 4.47 Å². The van der Waals surface area contributed by atoms with Gasteiger partial charge >= 0.3 is 0 Å². The van der Waals surface area contributed by atoms with Crippen molar-refractivity contribution in [1.82, 2.24) is 4.57 Å². The molecule has 4 nitrogen and oxygen atoms in total. The number of hydrogen-bond acceptors (Lipinski definition) is 2. The molecule has 1 aromatic carbocycles. The van der Waals surface area contributed by atoms with E-state index in [1.54, 1.807) is 30.5 Å². The van der Waals surface area contributed by atoms with Crippen molar-refractivity contribution in [3.63, 3.8) is 0 Å². The highest BCUT2D eigenvalue weighted by Crippen LogP contribution is 2.22. The van der Waals surface area contributed by atoms with Gasteiger partial charge in [0.05, 0.1) is 16.3 Å². The lowest BCUT2D eigenvalue weighted by molar-refractivity contribution is 0.102. The Kier molecular flexibility index (Phi) is 4.62. The number of nitrogens with one attached hydrogen (secondary N) is 1. The molecular weight excluding hydrogens is 344 g/mol. The molecule has 2 aromatic rings. The van der Waals surface area contributed by atoms with Crippen LogP contribution in [0.15, 0.2) is 45.8 Å². The predicted octanol–water partition coefficient (Wildman–Crippen LogP) is 3.54. The summed E-state index contributed by atoms with van der Waals surface area (Å²) in [6.07, 6.45) is 1.60. The van der Waals surface area contributed by atoms with Gasteiger partial charge in [-0.15, -0.1) is 0 Å². The number of amides is 1. The smallest absolute Gasteiger partial charge is 0.257 e. The van der Waals surface area contributed by atoms with Gasteiger partial charge in [-0.1, -0.05) is 27.5 Å². The summed E-state index contributed by atoms with van der Waals surface area (Å²) in [6, 6.07) is 8.04. The lowest BCUT2D eigenvalue weighted by atomic mass is 10.2. The number of aryl methyl sites for hydroxylation is 1. The number of carbonyl (C=O) groups excluding carboxylic acids is 1. The molecule has 0 unspecified atom stereocenters. The minimum atomic E-state index is -0.322. The van der Waals surface area contributed by atoms with E-state index in [0.29, 0.717) is 22.8 Å². The quantitative estimate of drug-likeness (QED) is 0.915. The molecule has 0 saturated carbocycles. The van der Waals surface area contributed by atoms with E-state index in [1.807, 2.05) is 6.92 Å². The molecule has 20 heavy (non-hydrogen) atoms. The van der Waals surface area contributed by atoms with E-state index in [-0.39, 0.29) is 11.5 Å². The second kappa shape index (κ2) is 6.24. The number of pyridine rings is 1. The van der Waals surface area contributed by atoms with Gasteiger partial charge in [0.1, 0.15) is 0 Å². The number of hydrogen-bond donors (Lipinski definition) is 1. The van der Waals surface area contributed by atoms with Gasteiger partial charge in [-0.2, -0.15) is 0 Å². The van der Waals surface area contributed by atoms with Crippen molar-refractivity contribution in [3.05, 3.63) is 61.9 Å². The summed E-state index contributed by atoms with van der Waals surface area (Å²) >= 11 is 9.30. The molecule has 0 aliphatic heterocycles. The zero-order valence-electron chi connectivity index (χ0n) is 10.7. The lowest BCUT2D eigenvalue weighted by Gasteiger charge is -2.09. The number of halogens is 2. The van der Waals surface area contributed by atoms with Gasteiger partial charge < -0.3 is 9.88 Å². The highest BCUT2D eigenvalue weighted by atomic mass is 79.9. The maximum absolute atomic E-state index is 12.2. The molecule has 0 saturated heterocycles. The summed E-state index contributed by atoms with van der Waals surface area (Å²) in [7, 11) is 0. The van der Waals surface area contributed by atoms with Gasteiger partial charge in [-0.05, 0) is 31.2 Å². The molecular formula is C14H12BrClN2O2. The Bertz CT molecular complexity index is 713. The minimum Gasteiger partial charge on any atom is -0.321 e. The molecule has 2 rings (SSSR count). The molecule has 1 N–H and O–H groups in total. The molecule has 0 aliphatic rings. The number of rotatable bonds is 3. The Morgan fingerprint density at radius 1 is 1.35 bits per heavy atom. The number of anilines is 1. The molecule has 0 radical (unpaired) electrons. The van der Waals surface area contributed by atoms with Crippen molar-refractivity contribution in [1.29, 1.82) is 0 Å². The van der Waals surface area contributed by atoms with Crippen molar-refractivity contribution < 1.29 is 4.79 Å². The first-order valence-corrected chi connectivity index (χ1v) is 7.15. The average molecular weight is 356 g/mol. The Balaban J connectivity index is 2.28. The third-order valence-corrected chi connectivity index (χ3v) is 3.58. The van der Waals surface area contributed by atoms with E-state index in [4.69, 9.17) is 11.6 Å². The highest BCUT2D eigenvalue weighted by Gasteiger charge is 2.11. The van der Waals surface area contributed by atoms with Crippen molar-refractivity contribution in [2.24, 2.45) is 0 Å². The monoisotopic (exact) mass is 354 g/mol. The van der Waals surface area contributed by atoms with Crippen LogP contribution in [-0.4, -0.2) is 10.5 Å². The van der Waals surface area contributed by atoms with Crippen LogP contribution in [0.2, 0.25) is 5.02 Å². The van der Waals surface area contributed by atoms with Gasteiger partial charge in [-0.25, -0.2) is 0 Å². The van der Waals surface area contributed by atoms with Crippen molar-refractivity contribution >= 4 is 39.1 Å². The van der Waals surface area contributed by atoms with Crippen LogP contribution in [0, 0.1) is 0 Å². The van der Waals surface area contributed by atoms with E-state index in [2.05, 4.69) is 21.2 Å². The Morgan fingerprint density at radius 2 is 2.10 bits per heavy atom. The molecule has 104 valence electrons.